The standard InChI is InChI=1S/C14H23O3PS/c1-10(2)14(11(3)4,18(15,16)17)19-13-8-6-12(5)7-9-13/h6-11H,1-5H3,(H2,15,16,17). The number of rotatable bonds is 5. The molecule has 1 rings (SSSR count). The van der Waals surface area contributed by atoms with Gasteiger partial charge in [-0.1, -0.05) is 45.4 Å². The third-order valence-corrected chi connectivity index (χ3v) is 8.12. The van der Waals surface area contributed by atoms with Crippen LogP contribution in [0, 0.1) is 18.8 Å². The average molecular weight is 302 g/mol. The maximum atomic E-state index is 12.1. The third-order valence-electron chi connectivity index (χ3n) is 3.41. The van der Waals surface area contributed by atoms with Gasteiger partial charge in [0, 0.05) is 4.90 Å². The van der Waals surface area contributed by atoms with Crippen LogP contribution in [0.25, 0.3) is 0 Å². The fourth-order valence-corrected chi connectivity index (χ4v) is 5.69. The van der Waals surface area contributed by atoms with E-state index in [-0.39, 0.29) is 11.8 Å². The fourth-order valence-electron chi connectivity index (χ4n) is 2.43. The van der Waals surface area contributed by atoms with Gasteiger partial charge in [-0.2, -0.15) is 0 Å². The zero-order valence-electron chi connectivity index (χ0n) is 12.1. The van der Waals surface area contributed by atoms with E-state index in [0.29, 0.717) is 0 Å². The molecule has 0 amide bonds. The second-order valence-electron chi connectivity index (χ2n) is 5.52. The zero-order valence-corrected chi connectivity index (χ0v) is 13.8. The van der Waals surface area contributed by atoms with Gasteiger partial charge >= 0.3 is 7.60 Å². The molecule has 5 heteroatoms. The van der Waals surface area contributed by atoms with E-state index in [2.05, 4.69) is 0 Å². The molecule has 0 unspecified atom stereocenters. The highest BCUT2D eigenvalue weighted by atomic mass is 32.2. The predicted molar refractivity (Wildman–Crippen MR) is 81.5 cm³/mol. The smallest absolute Gasteiger partial charge is 0.323 e. The minimum absolute atomic E-state index is 0.125. The molecule has 1 aromatic carbocycles. The van der Waals surface area contributed by atoms with E-state index in [1.165, 1.54) is 11.8 Å². The van der Waals surface area contributed by atoms with Crippen LogP contribution < -0.4 is 0 Å². The Morgan fingerprint density at radius 1 is 1.05 bits per heavy atom. The van der Waals surface area contributed by atoms with E-state index < -0.39 is 12.1 Å². The minimum atomic E-state index is -4.23. The summed E-state index contributed by atoms with van der Waals surface area (Å²) in [5.74, 6) is -0.251. The molecule has 2 N–H and O–H groups in total. The maximum Gasteiger partial charge on any atom is 0.342 e. The predicted octanol–water partition coefficient (Wildman–Crippen LogP) is 4.27. The van der Waals surface area contributed by atoms with Crippen LogP contribution >= 0.6 is 19.4 Å². The lowest BCUT2D eigenvalue weighted by atomic mass is 9.99. The molecular weight excluding hydrogens is 279 g/mol. The molecule has 0 atom stereocenters. The van der Waals surface area contributed by atoms with Crippen LogP contribution in [-0.2, 0) is 4.57 Å². The lowest BCUT2D eigenvalue weighted by Crippen LogP contribution is -2.37. The number of thioether (sulfide) groups is 1. The molecule has 0 bridgehead atoms. The monoisotopic (exact) mass is 302 g/mol. The first-order valence-corrected chi connectivity index (χ1v) is 8.85. The number of benzene rings is 1. The number of hydrogen-bond donors (Lipinski definition) is 2. The van der Waals surface area contributed by atoms with Crippen molar-refractivity contribution in [1.29, 1.82) is 0 Å². The van der Waals surface area contributed by atoms with Crippen LogP contribution in [0.1, 0.15) is 33.3 Å². The molecule has 19 heavy (non-hydrogen) atoms. The molecule has 1 aromatic rings. The van der Waals surface area contributed by atoms with Crippen molar-refractivity contribution in [2.24, 2.45) is 11.8 Å². The van der Waals surface area contributed by atoms with Crippen molar-refractivity contribution in [2.45, 2.75) is 44.0 Å². The summed E-state index contributed by atoms with van der Waals surface area (Å²) in [4.78, 5) is 20.6. The normalized spacial score (nSPS) is 13.3. The topological polar surface area (TPSA) is 57.5 Å². The van der Waals surface area contributed by atoms with E-state index in [4.69, 9.17) is 0 Å². The molecule has 0 aliphatic heterocycles. The van der Waals surface area contributed by atoms with Gasteiger partial charge in [-0.15, -0.1) is 11.8 Å². The van der Waals surface area contributed by atoms with Gasteiger partial charge in [0.05, 0.1) is 0 Å². The van der Waals surface area contributed by atoms with Crippen molar-refractivity contribution in [3.63, 3.8) is 0 Å². The summed E-state index contributed by atoms with van der Waals surface area (Å²) in [7, 11) is -4.23. The van der Waals surface area contributed by atoms with Crippen LogP contribution in [0.15, 0.2) is 29.2 Å². The molecule has 0 aromatic heterocycles. The first-order chi connectivity index (χ1) is 8.61. The lowest BCUT2D eigenvalue weighted by Gasteiger charge is -2.40. The Bertz CT molecular complexity index is 454. The van der Waals surface area contributed by atoms with Crippen molar-refractivity contribution in [3.8, 4) is 0 Å². The Hall–Kier alpha value is -0.280. The van der Waals surface area contributed by atoms with E-state index in [0.717, 1.165) is 10.5 Å². The molecule has 0 spiro atoms. The summed E-state index contributed by atoms with van der Waals surface area (Å²) in [5, 5.41) is 0. The van der Waals surface area contributed by atoms with Gasteiger partial charge in [0.1, 0.15) is 4.49 Å². The van der Waals surface area contributed by atoms with Crippen molar-refractivity contribution in [2.75, 3.05) is 0 Å². The van der Waals surface area contributed by atoms with E-state index in [1.807, 2.05) is 58.9 Å². The first-order valence-electron chi connectivity index (χ1n) is 6.42. The van der Waals surface area contributed by atoms with Gasteiger partial charge in [0.15, 0.2) is 0 Å². The Morgan fingerprint density at radius 3 is 1.79 bits per heavy atom. The van der Waals surface area contributed by atoms with E-state index >= 15 is 0 Å². The van der Waals surface area contributed by atoms with Crippen molar-refractivity contribution < 1.29 is 14.4 Å². The molecule has 0 saturated carbocycles. The van der Waals surface area contributed by atoms with Crippen LogP contribution in [-0.4, -0.2) is 14.3 Å². The summed E-state index contributed by atoms with van der Waals surface area (Å²) in [6.45, 7) is 9.50. The van der Waals surface area contributed by atoms with Crippen LogP contribution in [0.3, 0.4) is 0 Å². The summed E-state index contributed by atoms with van der Waals surface area (Å²) in [6.07, 6.45) is 0. The SMILES string of the molecule is Cc1ccc(SC(C(C)C)(C(C)C)P(=O)(O)O)cc1. The van der Waals surface area contributed by atoms with Gasteiger partial charge in [-0.3, -0.25) is 4.57 Å². The maximum absolute atomic E-state index is 12.1. The molecule has 0 fully saturated rings. The lowest BCUT2D eigenvalue weighted by molar-refractivity contribution is 0.301. The highest BCUT2D eigenvalue weighted by Crippen LogP contribution is 2.65. The van der Waals surface area contributed by atoms with Gasteiger partial charge in [-0.05, 0) is 30.9 Å². The second-order valence-corrected chi connectivity index (χ2v) is 9.00. The van der Waals surface area contributed by atoms with Gasteiger partial charge in [0.25, 0.3) is 0 Å². The molecule has 0 heterocycles. The van der Waals surface area contributed by atoms with Gasteiger partial charge < -0.3 is 9.79 Å². The Labute approximate surface area is 120 Å². The first kappa shape index (κ1) is 16.8. The van der Waals surface area contributed by atoms with Crippen LogP contribution in [0.5, 0.6) is 0 Å². The van der Waals surface area contributed by atoms with Gasteiger partial charge in [-0.25, -0.2) is 0 Å². The fraction of sp³-hybridized carbons (Fsp3) is 0.571. The zero-order chi connectivity index (χ0) is 14.8. The summed E-state index contributed by atoms with van der Waals surface area (Å²) in [6, 6.07) is 7.78. The largest absolute Gasteiger partial charge is 0.342 e. The third kappa shape index (κ3) is 3.43. The molecule has 0 radical (unpaired) electrons. The van der Waals surface area contributed by atoms with Crippen molar-refractivity contribution >= 4 is 19.4 Å². The van der Waals surface area contributed by atoms with Crippen molar-refractivity contribution in [3.05, 3.63) is 29.8 Å². The minimum Gasteiger partial charge on any atom is -0.323 e. The quantitative estimate of drug-likeness (QED) is 0.630. The number of aryl methyl sites for hydroxylation is 1. The number of hydrogen-bond acceptors (Lipinski definition) is 2. The highest BCUT2D eigenvalue weighted by Gasteiger charge is 2.52. The second kappa shape index (κ2) is 6.01. The molecule has 108 valence electrons. The van der Waals surface area contributed by atoms with Gasteiger partial charge in [0.2, 0.25) is 0 Å². The molecule has 0 aliphatic carbocycles. The Morgan fingerprint density at radius 2 is 1.47 bits per heavy atom. The Kier molecular flexibility index (Phi) is 5.30. The van der Waals surface area contributed by atoms with E-state index in [9.17, 15) is 14.4 Å². The van der Waals surface area contributed by atoms with Crippen molar-refractivity contribution in [1.82, 2.24) is 0 Å². The van der Waals surface area contributed by atoms with E-state index in [1.54, 1.807) is 0 Å². The molecule has 0 aliphatic rings. The Balaban J connectivity index is 3.25. The highest BCUT2D eigenvalue weighted by molar-refractivity contribution is 8.06. The molecule has 0 saturated heterocycles. The summed E-state index contributed by atoms with van der Waals surface area (Å²) >= 11 is 1.30. The van der Waals surface area contributed by atoms with Crippen LogP contribution in [0.4, 0.5) is 0 Å². The molecule has 3 nitrogen and oxygen atoms in total. The van der Waals surface area contributed by atoms with Crippen LogP contribution in [0.2, 0.25) is 0 Å². The average Bonchev–Trinajstić information content (AvgIpc) is 2.25. The molecular formula is C14H23O3PS. The summed E-state index contributed by atoms with van der Waals surface area (Å²) < 4.78 is 11.0. The summed E-state index contributed by atoms with van der Waals surface area (Å²) in [5.41, 5.74) is 1.14.